The third-order valence-electron chi connectivity index (χ3n) is 22.8. The minimum absolute atomic E-state index is 0.312. The van der Waals surface area contributed by atoms with Gasteiger partial charge in [-0.05, 0) is 201 Å². The molecule has 16 heteroatoms. The van der Waals surface area contributed by atoms with Crippen molar-refractivity contribution in [3.63, 3.8) is 0 Å². The number of furan rings is 2. The van der Waals surface area contributed by atoms with E-state index in [2.05, 4.69) is 340 Å². The van der Waals surface area contributed by atoms with Gasteiger partial charge in [0.1, 0.15) is 40.5 Å². The Bertz CT molecular complexity index is 7630. The van der Waals surface area contributed by atoms with Crippen molar-refractivity contribution in [3.8, 4) is 56.3 Å². The third kappa shape index (κ3) is 11.4. The molecule has 0 radical (unpaired) electrons. The molecule has 0 bridgehead atoms. The average molecular weight is 1540 g/mol. The lowest BCUT2D eigenvalue weighted by atomic mass is 9.79. The zero-order valence-electron chi connectivity index (χ0n) is 62.1. The Kier molecular flexibility index (Phi) is 16.4. The molecule has 0 aliphatic carbocycles. The van der Waals surface area contributed by atoms with Crippen LogP contribution in [0.3, 0.4) is 0 Å². The minimum atomic E-state index is -0.423. The highest BCUT2D eigenvalue weighted by molar-refractivity contribution is 6.62. The number of fused-ring (bicyclic) bond motifs is 18. The van der Waals surface area contributed by atoms with E-state index in [0.29, 0.717) is 37.5 Å². The van der Waals surface area contributed by atoms with Crippen LogP contribution in [0.5, 0.6) is 0 Å². The van der Waals surface area contributed by atoms with E-state index >= 15 is 0 Å². The maximum absolute atomic E-state index is 6.44. The van der Waals surface area contributed by atoms with Crippen molar-refractivity contribution in [2.75, 3.05) is 0 Å². The molecule has 0 N–H and O–H groups in total. The van der Waals surface area contributed by atoms with E-state index in [0.717, 1.165) is 72.3 Å². The van der Waals surface area contributed by atoms with Gasteiger partial charge in [-0.1, -0.05) is 205 Å². The van der Waals surface area contributed by atoms with Crippen molar-refractivity contribution in [1.29, 1.82) is 0 Å². The highest BCUT2D eigenvalue weighted by Crippen LogP contribution is 2.44. The molecule has 8 aromatic heterocycles. The molecule has 0 atom stereocenters. The molecule has 22 aromatic rings. The first-order chi connectivity index (χ1) is 55.7. The van der Waals surface area contributed by atoms with Crippen molar-refractivity contribution < 1.29 is 18.1 Å². The van der Waals surface area contributed by atoms with Crippen LogP contribution >= 0.6 is 34.8 Å². The van der Waals surface area contributed by atoms with Gasteiger partial charge in [0.25, 0.3) is 0 Å². The highest BCUT2D eigenvalue weighted by atomic mass is 35.5. The van der Waals surface area contributed by atoms with E-state index in [1.54, 1.807) is 24.5 Å². The normalized spacial score (nSPS) is 13.4. The lowest BCUT2D eigenvalue weighted by molar-refractivity contribution is 0.00578. The monoisotopic (exact) mass is 1530 g/mol. The molecule has 12 nitrogen and oxygen atoms in total. The summed E-state index contributed by atoms with van der Waals surface area (Å²) in [6.45, 7) is 8.40. The Morgan fingerprint density at radius 3 is 1.18 bits per heavy atom. The second-order valence-corrected chi connectivity index (χ2v) is 31.2. The number of halogens is 3. The van der Waals surface area contributed by atoms with Gasteiger partial charge in [0.15, 0.2) is 16.3 Å². The van der Waals surface area contributed by atoms with E-state index in [4.69, 9.17) is 57.9 Å². The second-order valence-electron chi connectivity index (χ2n) is 30.0. The van der Waals surface area contributed by atoms with E-state index in [1.165, 1.54) is 105 Å². The number of aromatic nitrogens is 8. The fraction of sp³-hybridized carbons (Fsp3) is 0.0612. The molecule has 23 rings (SSSR count). The van der Waals surface area contributed by atoms with Crippen LogP contribution < -0.4 is 5.46 Å². The quantitative estimate of drug-likeness (QED) is 0.109. The molecule has 114 heavy (non-hydrogen) atoms. The van der Waals surface area contributed by atoms with Gasteiger partial charge in [0.2, 0.25) is 0 Å². The maximum atomic E-state index is 6.44. The van der Waals surface area contributed by atoms with Gasteiger partial charge in [-0.3, -0.25) is 0 Å². The van der Waals surface area contributed by atoms with Crippen molar-refractivity contribution in [2.45, 2.75) is 38.9 Å². The first-order valence-corrected chi connectivity index (χ1v) is 39.0. The van der Waals surface area contributed by atoms with Gasteiger partial charge in [0.05, 0.1) is 55.3 Å². The summed E-state index contributed by atoms with van der Waals surface area (Å²) in [6, 6.07) is 111. The summed E-state index contributed by atoms with van der Waals surface area (Å²) < 4.78 is 34.2. The molecular weight excluding hydrogens is 1470 g/mol. The third-order valence-corrected chi connectivity index (χ3v) is 23.5. The van der Waals surface area contributed by atoms with Crippen LogP contribution in [-0.2, 0) is 9.31 Å². The molecule has 14 aromatic carbocycles. The summed E-state index contributed by atoms with van der Waals surface area (Å²) in [5.41, 5.74) is 24.5. The van der Waals surface area contributed by atoms with Crippen molar-refractivity contribution in [2.24, 2.45) is 0 Å². The molecule has 546 valence electrons. The SMILES string of the molecule is CC1(C)OB(c2cccc(-n3c4ccccc4c4ccc(-c5ccc6c(c5)c5ccccc5n6-c5ccccc5)cc43)c2)OC1(C)C.Clc1ccc2oc3c(-c4cccc(-n5c6ccccc6c6ccc(-c7ccc8c(c7)c7ccccc7n8-c7ccccc7)cc65)c4)ncnc3c2c1.Clc1ccc2oc3c(Cl)ncnc3c2c1. The topological polar surface area (TPSA) is 116 Å². The van der Waals surface area contributed by atoms with Crippen LogP contribution in [0.15, 0.2) is 337 Å². The number of rotatable bonds is 8. The summed E-state index contributed by atoms with van der Waals surface area (Å²) in [4.78, 5) is 17.3. The van der Waals surface area contributed by atoms with E-state index in [9.17, 15) is 0 Å². The first-order valence-electron chi connectivity index (χ1n) is 37.9. The predicted molar refractivity (Wildman–Crippen MR) is 469 cm³/mol. The Labute approximate surface area is 668 Å². The molecular formula is C98H66BCl3N8O4. The van der Waals surface area contributed by atoms with Crippen LogP contribution in [0.25, 0.3) is 188 Å². The van der Waals surface area contributed by atoms with Crippen LogP contribution in [0.4, 0.5) is 0 Å². The van der Waals surface area contributed by atoms with E-state index < -0.39 is 18.3 Å². The zero-order chi connectivity index (χ0) is 76.7. The Morgan fingerprint density at radius 1 is 0.281 bits per heavy atom. The molecule has 0 saturated carbocycles. The van der Waals surface area contributed by atoms with Crippen molar-refractivity contribution in [3.05, 3.63) is 343 Å². The van der Waals surface area contributed by atoms with E-state index in [-0.39, 0.29) is 0 Å². The van der Waals surface area contributed by atoms with Crippen molar-refractivity contribution >= 4 is 179 Å². The molecule has 1 aliphatic heterocycles. The smallest absolute Gasteiger partial charge is 0.452 e. The molecule has 1 saturated heterocycles. The highest BCUT2D eigenvalue weighted by Gasteiger charge is 2.52. The van der Waals surface area contributed by atoms with Gasteiger partial charge in [-0.2, -0.15) is 0 Å². The summed E-state index contributed by atoms with van der Waals surface area (Å²) >= 11 is 18.1. The molecule has 1 aliphatic rings. The van der Waals surface area contributed by atoms with Crippen molar-refractivity contribution in [1.82, 2.24) is 38.2 Å². The molecule has 0 spiro atoms. The number of benzene rings is 14. The molecule has 1 fully saturated rings. The fourth-order valence-electron chi connectivity index (χ4n) is 16.7. The second kappa shape index (κ2) is 27.1. The molecule has 0 amide bonds. The molecule has 0 unspecified atom stereocenters. The zero-order valence-corrected chi connectivity index (χ0v) is 64.4. The van der Waals surface area contributed by atoms with Gasteiger partial charge >= 0.3 is 7.12 Å². The van der Waals surface area contributed by atoms with Gasteiger partial charge in [0, 0.05) is 92.2 Å². The van der Waals surface area contributed by atoms with E-state index in [1.807, 2.05) is 18.2 Å². The number of nitrogens with zero attached hydrogens (tertiary/aromatic N) is 8. The number of para-hydroxylation sites is 6. The standard InChI is InChI=1S/C46H27ClN4O.C42H35BN2O2.C10H4Cl2N2O/c47-31-19-22-43-38(26-31)45-46(52-43)44(48-27-49-45)30-9-8-12-33(23-30)51-39-15-6-4-13-34(39)36-20-17-29(25-42(36)51)28-18-21-41-37(24-28)35-14-5-7-16-40(35)50(41)32-10-2-1-3-11-32;1-41(2)42(3,4)47-43(46-41)30-13-12-16-32(27-30)45-37-19-10-8-17-33(37)35-23-21-29(26-40(35)45)28-22-24-39-36(25-28)34-18-9-11-20-38(34)44(39)31-14-6-5-7-15-31;11-5-1-2-7-6(3-5)8-9(15-7)10(12)14-4-13-8/h1-27H;5-27H,1-4H3;1-4H. The van der Waals surface area contributed by atoms with Gasteiger partial charge in [-0.15, -0.1) is 0 Å². The van der Waals surface area contributed by atoms with Crippen LogP contribution in [-0.4, -0.2) is 56.5 Å². The minimum Gasteiger partial charge on any atom is -0.452 e. The van der Waals surface area contributed by atoms with Gasteiger partial charge < -0.3 is 36.4 Å². The lowest BCUT2D eigenvalue weighted by Crippen LogP contribution is -2.41. The number of hydrogen-bond acceptors (Lipinski definition) is 8. The Balaban J connectivity index is 0.000000121. The Morgan fingerprint density at radius 2 is 0.667 bits per heavy atom. The maximum Gasteiger partial charge on any atom is 0.494 e. The van der Waals surface area contributed by atoms with Crippen LogP contribution in [0.1, 0.15) is 27.7 Å². The summed E-state index contributed by atoms with van der Waals surface area (Å²) in [5, 5.41) is 13.1. The van der Waals surface area contributed by atoms with Crippen LogP contribution in [0, 0.1) is 0 Å². The first kappa shape index (κ1) is 68.9. The predicted octanol–water partition coefficient (Wildman–Crippen LogP) is 26.1. The summed E-state index contributed by atoms with van der Waals surface area (Å²) in [5.74, 6) is 0. The Hall–Kier alpha value is -13.1. The summed E-state index contributed by atoms with van der Waals surface area (Å²) in [6.07, 6.45) is 3.00. The fourth-order valence-corrected chi connectivity index (χ4v) is 17.2. The summed E-state index contributed by atoms with van der Waals surface area (Å²) in [7, 11) is -0.423. The number of hydrogen-bond donors (Lipinski definition) is 0. The van der Waals surface area contributed by atoms with Gasteiger partial charge in [-0.25, -0.2) is 19.9 Å². The molecule has 9 heterocycles. The lowest BCUT2D eigenvalue weighted by Gasteiger charge is -2.32. The largest absolute Gasteiger partial charge is 0.494 e. The van der Waals surface area contributed by atoms with Crippen LogP contribution in [0.2, 0.25) is 15.2 Å². The average Bonchev–Trinajstić information content (AvgIpc) is 1.68.